The minimum Gasteiger partial charge on any atom is -0.676 e. The molecule has 6 N–H and O–H groups in total. The van der Waals surface area contributed by atoms with Crippen LogP contribution in [0.5, 0.6) is 0 Å². The van der Waals surface area contributed by atoms with Gasteiger partial charge in [-0.1, -0.05) is 25.7 Å². The molecule has 12 nitrogen and oxygen atoms in total. The first kappa shape index (κ1) is 35.3. The van der Waals surface area contributed by atoms with Gasteiger partial charge in [0.05, 0.1) is 26.4 Å². The molecule has 0 radical (unpaired) electrons. The molecule has 35 heavy (non-hydrogen) atoms. The first-order chi connectivity index (χ1) is 16.0. The Hall–Kier alpha value is 0.268. The van der Waals surface area contributed by atoms with Gasteiger partial charge in [0.25, 0.3) is 0 Å². The zero-order chi connectivity index (χ0) is 25.5. The van der Waals surface area contributed by atoms with E-state index in [1.54, 1.807) is 0 Å². The van der Waals surface area contributed by atoms with Crippen LogP contribution in [-0.4, -0.2) is 125 Å². The van der Waals surface area contributed by atoms with Gasteiger partial charge in [0.15, 0.2) is 0 Å². The molecule has 15 heteroatoms. The number of rotatable bonds is 8. The molecule has 1 aliphatic carbocycles. The number of nitrogens with one attached hydrogen (secondary N) is 2. The molecule has 2 unspecified atom stereocenters. The molecule has 3 rings (SSSR count). The Balaban J connectivity index is 0.000000503. The molecule has 0 aromatic rings. The van der Waals surface area contributed by atoms with E-state index < -0.39 is 20.2 Å². The van der Waals surface area contributed by atoms with Crippen LogP contribution in [-0.2, 0) is 50.8 Å². The van der Waals surface area contributed by atoms with Crippen LogP contribution < -0.4 is 0 Å². The van der Waals surface area contributed by atoms with Crippen molar-refractivity contribution in [2.45, 2.75) is 50.6 Å². The van der Waals surface area contributed by atoms with Gasteiger partial charge in [-0.25, -0.2) is 0 Å². The minimum atomic E-state index is -3.53. The van der Waals surface area contributed by atoms with E-state index >= 15 is 0 Å². The summed E-state index contributed by atoms with van der Waals surface area (Å²) in [6, 6.07) is -0.160. The molecule has 2 atom stereocenters. The van der Waals surface area contributed by atoms with E-state index in [1.807, 2.05) is 0 Å². The molecule has 1 saturated carbocycles. The molecule has 0 amide bonds. The molecule has 0 bridgehead atoms. The first-order valence-corrected chi connectivity index (χ1v) is 15.2. The van der Waals surface area contributed by atoms with Crippen LogP contribution in [0.4, 0.5) is 0 Å². The number of morpholine rings is 2. The fraction of sp³-hybridized carbons (Fsp3) is 1.00. The van der Waals surface area contributed by atoms with Gasteiger partial charge >= 0.3 is 41.3 Å². The zero-order valence-electron chi connectivity index (χ0n) is 20.4. The second-order valence-electron chi connectivity index (χ2n) is 8.75. The molecule has 0 spiro atoms. The molecule has 2 saturated heterocycles. The van der Waals surface area contributed by atoms with Crippen molar-refractivity contribution in [3.63, 3.8) is 0 Å². The molecule has 0 aromatic carbocycles. The van der Waals surface area contributed by atoms with Crippen molar-refractivity contribution in [1.29, 1.82) is 0 Å². The maximum atomic E-state index is 10.5. The van der Waals surface area contributed by atoms with E-state index in [2.05, 4.69) is 9.80 Å². The fourth-order valence-electron chi connectivity index (χ4n) is 3.74. The van der Waals surface area contributed by atoms with Gasteiger partial charge in [0, 0.05) is 26.2 Å². The Labute approximate surface area is 225 Å². The summed E-state index contributed by atoms with van der Waals surface area (Å²) in [4.78, 5) is 4.32. The van der Waals surface area contributed by atoms with Crippen LogP contribution >= 0.6 is 0 Å². The van der Waals surface area contributed by atoms with Gasteiger partial charge in [-0.15, -0.1) is 0 Å². The normalized spacial score (nSPS) is 24.2. The van der Waals surface area contributed by atoms with Crippen LogP contribution in [0.25, 0.3) is 11.5 Å². The largest absolute Gasteiger partial charge is 4.00 e. The second-order valence-corrected chi connectivity index (χ2v) is 12.0. The van der Waals surface area contributed by atoms with Crippen molar-refractivity contribution in [2.24, 2.45) is 0 Å². The molecule has 210 valence electrons. The maximum absolute atomic E-state index is 10.5. The standard InChI is InChI=1S/2C7H15NO4S.C6H12N2.Pt/c2*9-13(10,11)7-1-2-8-3-5-12-6-4-8;7-5-3-1-2-4-6(5)8;/h2*1-7H2,(H,9,10,11);5-8H,1-4H2;/q;;-2;+4/p+2. The summed E-state index contributed by atoms with van der Waals surface area (Å²) < 4.78 is 65.6. The number of hydrogen-bond donors (Lipinski definition) is 0. The summed E-state index contributed by atoms with van der Waals surface area (Å²) in [5.74, 6) is -0.0747. The Morgan fingerprint density at radius 2 is 1.00 bits per heavy atom. The van der Waals surface area contributed by atoms with Crippen molar-refractivity contribution in [2.75, 3.05) is 77.2 Å². The van der Waals surface area contributed by atoms with Gasteiger partial charge in [-0.2, -0.15) is 28.9 Å². The predicted octanol–water partition coefficient (Wildman–Crippen LogP) is -0.0743. The molecular weight excluding hydrogens is 683 g/mol. The van der Waals surface area contributed by atoms with Crippen molar-refractivity contribution < 1.29 is 56.5 Å². The third-order valence-electron chi connectivity index (χ3n) is 5.75. The smallest absolute Gasteiger partial charge is 0.676 e. The third kappa shape index (κ3) is 21.0. The predicted molar refractivity (Wildman–Crippen MR) is 133 cm³/mol. The van der Waals surface area contributed by atoms with Crippen molar-refractivity contribution >= 4 is 20.2 Å². The van der Waals surface area contributed by atoms with Gasteiger partial charge in [-0.05, 0) is 25.9 Å². The average molecular weight is 728 g/mol. The summed E-state index contributed by atoms with van der Waals surface area (Å²) in [6.45, 7) is 7.91. The van der Waals surface area contributed by atoms with Crippen LogP contribution in [0.1, 0.15) is 38.5 Å². The molecule has 3 fully saturated rings. The second kappa shape index (κ2) is 19.4. The summed E-state index contributed by atoms with van der Waals surface area (Å²) in [5, 5.41) is 0. The third-order valence-corrected chi connectivity index (χ3v) is 7.40. The van der Waals surface area contributed by atoms with Gasteiger partial charge in [0.2, 0.25) is 0 Å². The minimum absolute atomic E-state index is 0. The van der Waals surface area contributed by atoms with Crippen LogP contribution in [0.3, 0.4) is 0 Å². The van der Waals surface area contributed by atoms with Gasteiger partial charge in [-0.3, -0.25) is 9.80 Å². The molecule has 0 aromatic heterocycles. The molecule has 3 aliphatic rings. The first-order valence-electron chi connectivity index (χ1n) is 11.9. The summed E-state index contributed by atoms with van der Waals surface area (Å²) in [5.41, 5.74) is 14.6. The number of nitrogens with zero attached hydrogens (tertiary/aromatic N) is 2. The van der Waals surface area contributed by atoms with E-state index in [1.165, 1.54) is 12.8 Å². The topological polar surface area (TPSA) is 187 Å². The Morgan fingerprint density at radius 1 is 0.686 bits per heavy atom. The van der Waals surface area contributed by atoms with Gasteiger partial charge < -0.3 is 30.0 Å². The summed E-state index contributed by atoms with van der Waals surface area (Å²) in [7, 11) is -7.07. The Morgan fingerprint density at radius 3 is 1.26 bits per heavy atom. The van der Waals surface area contributed by atoms with Crippen molar-refractivity contribution in [3.05, 3.63) is 11.5 Å². The molecular formula is C20H44N4O8PtS2+4. The Bertz CT molecular complexity index is 671. The number of ether oxygens (including phenoxy) is 2. The monoisotopic (exact) mass is 727 g/mol. The van der Waals surface area contributed by atoms with E-state index in [-0.39, 0.29) is 44.7 Å². The Kier molecular flexibility index (Phi) is 19.5. The van der Waals surface area contributed by atoms with E-state index in [0.717, 1.165) is 78.5 Å². The van der Waals surface area contributed by atoms with E-state index in [9.17, 15) is 16.8 Å². The number of hydrogen-bond acceptors (Lipinski definition) is 8. The quantitative estimate of drug-likeness (QED) is 0.311. The van der Waals surface area contributed by atoms with Gasteiger partial charge in [0.1, 0.15) is 11.5 Å². The van der Waals surface area contributed by atoms with E-state index in [4.69, 9.17) is 30.0 Å². The zero-order valence-corrected chi connectivity index (χ0v) is 24.3. The van der Waals surface area contributed by atoms with Crippen LogP contribution in [0.2, 0.25) is 0 Å². The summed E-state index contributed by atoms with van der Waals surface area (Å²) in [6.07, 6.45) is 5.34. The van der Waals surface area contributed by atoms with Crippen molar-refractivity contribution in [1.82, 2.24) is 9.80 Å². The summed E-state index contributed by atoms with van der Waals surface area (Å²) >= 11 is 0. The average Bonchev–Trinajstić information content (AvgIpc) is 2.77. The van der Waals surface area contributed by atoms with Crippen LogP contribution in [0, 0.1) is 0 Å². The SMILES string of the molecule is O=S(=O)([OH2+])CCCN1CCOCC1.O=S(=O)([OH2+])CCCN1CCOCC1.[NH-]C1CCCCC1[NH-].[Pt+4]. The maximum Gasteiger partial charge on any atom is 4.00 e. The van der Waals surface area contributed by atoms with E-state index in [0.29, 0.717) is 12.8 Å². The molecule has 2 aliphatic heterocycles. The fourth-order valence-corrected chi connectivity index (χ4v) is 4.76. The van der Waals surface area contributed by atoms with Crippen LogP contribution in [0.15, 0.2) is 0 Å². The molecule has 2 heterocycles. The van der Waals surface area contributed by atoms with Crippen molar-refractivity contribution in [3.8, 4) is 0 Å².